The van der Waals surface area contributed by atoms with Gasteiger partial charge >= 0.3 is 0 Å². The quantitative estimate of drug-likeness (QED) is 0.613. The van der Waals surface area contributed by atoms with Gasteiger partial charge in [-0.2, -0.15) is 0 Å². The summed E-state index contributed by atoms with van der Waals surface area (Å²) >= 11 is 0. The fraction of sp³-hybridized carbons (Fsp3) is 0.480. The standard InChI is InChI=1S/C25H31FN2O4/c1-30-22-9-7-19(17-21(22)26)28-13-10-20(25(28)29)18-6-8-23(31-2)24(16-18)32-15-14-27-11-4-3-5-12-27/h6-9,16-17,20H,3-5,10-15H2,1-2H3. The van der Waals surface area contributed by atoms with Crippen molar-refractivity contribution in [2.24, 2.45) is 0 Å². The first-order valence-corrected chi connectivity index (χ1v) is 11.3. The molecule has 2 aromatic rings. The lowest BCUT2D eigenvalue weighted by Crippen LogP contribution is -2.33. The van der Waals surface area contributed by atoms with Gasteiger partial charge in [0.25, 0.3) is 0 Å². The van der Waals surface area contributed by atoms with Crippen LogP contribution in [0.25, 0.3) is 0 Å². The van der Waals surface area contributed by atoms with Gasteiger partial charge in [-0.15, -0.1) is 0 Å². The predicted molar refractivity (Wildman–Crippen MR) is 121 cm³/mol. The van der Waals surface area contributed by atoms with Crippen LogP contribution in [0.1, 0.15) is 37.2 Å². The Balaban J connectivity index is 1.45. The summed E-state index contributed by atoms with van der Waals surface area (Å²) in [6.45, 7) is 4.24. The van der Waals surface area contributed by atoms with Crippen molar-refractivity contribution in [2.45, 2.75) is 31.6 Å². The van der Waals surface area contributed by atoms with Gasteiger partial charge in [-0.3, -0.25) is 9.69 Å². The molecule has 2 fully saturated rings. The van der Waals surface area contributed by atoms with Gasteiger partial charge in [-0.1, -0.05) is 12.5 Å². The Labute approximate surface area is 188 Å². The van der Waals surface area contributed by atoms with Gasteiger partial charge in [0.15, 0.2) is 23.1 Å². The van der Waals surface area contributed by atoms with Crippen molar-refractivity contribution in [3.63, 3.8) is 0 Å². The number of likely N-dealkylation sites (tertiary alicyclic amines) is 1. The second-order valence-electron chi connectivity index (χ2n) is 8.31. The fourth-order valence-corrected chi connectivity index (χ4v) is 4.56. The molecule has 0 aliphatic carbocycles. The van der Waals surface area contributed by atoms with Crippen LogP contribution < -0.4 is 19.1 Å². The number of hydrogen-bond acceptors (Lipinski definition) is 5. The molecule has 2 aromatic carbocycles. The maximum Gasteiger partial charge on any atom is 0.234 e. The number of carbonyl (C=O) groups is 1. The van der Waals surface area contributed by atoms with Gasteiger partial charge in [-0.25, -0.2) is 4.39 Å². The maximum absolute atomic E-state index is 14.1. The van der Waals surface area contributed by atoms with E-state index >= 15 is 0 Å². The lowest BCUT2D eigenvalue weighted by molar-refractivity contribution is -0.118. The molecule has 4 rings (SSSR count). The van der Waals surface area contributed by atoms with E-state index in [4.69, 9.17) is 14.2 Å². The number of anilines is 1. The molecule has 0 saturated carbocycles. The summed E-state index contributed by atoms with van der Waals surface area (Å²) in [5, 5.41) is 0. The lowest BCUT2D eigenvalue weighted by Gasteiger charge is -2.26. The normalized spacial score (nSPS) is 19.3. The second-order valence-corrected chi connectivity index (χ2v) is 8.31. The predicted octanol–water partition coefficient (Wildman–Crippen LogP) is 4.23. The van der Waals surface area contributed by atoms with Crippen LogP contribution >= 0.6 is 0 Å². The largest absolute Gasteiger partial charge is 0.494 e. The van der Waals surface area contributed by atoms with E-state index in [0.29, 0.717) is 36.8 Å². The molecule has 1 unspecified atom stereocenters. The number of halogens is 1. The second kappa shape index (κ2) is 10.2. The van der Waals surface area contributed by atoms with E-state index in [1.165, 1.54) is 32.4 Å². The summed E-state index contributed by atoms with van der Waals surface area (Å²) < 4.78 is 30.7. The van der Waals surface area contributed by atoms with E-state index in [9.17, 15) is 9.18 Å². The van der Waals surface area contributed by atoms with Crippen LogP contribution in [0.3, 0.4) is 0 Å². The molecule has 0 bridgehead atoms. The minimum absolute atomic E-state index is 0.0426. The van der Waals surface area contributed by atoms with E-state index < -0.39 is 5.82 Å². The number of carbonyl (C=O) groups excluding carboxylic acids is 1. The molecule has 1 atom stereocenters. The van der Waals surface area contributed by atoms with Gasteiger partial charge in [0.1, 0.15) is 6.61 Å². The van der Waals surface area contributed by atoms with Crippen molar-refractivity contribution in [1.29, 1.82) is 0 Å². The Morgan fingerprint density at radius 2 is 1.69 bits per heavy atom. The molecule has 1 amide bonds. The third-order valence-corrected chi connectivity index (χ3v) is 6.36. The van der Waals surface area contributed by atoms with Gasteiger partial charge in [0, 0.05) is 24.8 Å². The van der Waals surface area contributed by atoms with Crippen molar-refractivity contribution >= 4 is 11.6 Å². The Morgan fingerprint density at radius 3 is 2.41 bits per heavy atom. The molecule has 2 aliphatic heterocycles. The number of hydrogen-bond donors (Lipinski definition) is 0. The Bertz CT molecular complexity index is 946. The minimum atomic E-state index is -0.477. The average molecular weight is 443 g/mol. The van der Waals surface area contributed by atoms with Crippen molar-refractivity contribution in [1.82, 2.24) is 4.90 Å². The molecule has 6 nitrogen and oxygen atoms in total. The van der Waals surface area contributed by atoms with Crippen LogP contribution in [0.5, 0.6) is 17.2 Å². The number of nitrogens with zero attached hydrogens (tertiary/aromatic N) is 2. The maximum atomic E-state index is 14.1. The van der Waals surface area contributed by atoms with Crippen LogP contribution in [0.4, 0.5) is 10.1 Å². The lowest BCUT2D eigenvalue weighted by atomic mass is 9.97. The molecule has 0 spiro atoms. The van der Waals surface area contributed by atoms with Gasteiger partial charge in [0.2, 0.25) is 5.91 Å². The zero-order chi connectivity index (χ0) is 22.5. The highest BCUT2D eigenvalue weighted by molar-refractivity contribution is 6.00. The Morgan fingerprint density at radius 1 is 0.938 bits per heavy atom. The molecule has 32 heavy (non-hydrogen) atoms. The third kappa shape index (κ3) is 4.83. The fourth-order valence-electron chi connectivity index (χ4n) is 4.56. The number of rotatable bonds is 8. The summed E-state index contributed by atoms with van der Waals surface area (Å²) in [4.78, 5) is 17.2. The summed E-state index contributed by atoms with van der Waals surface area (Å²) in [5.41, 5.74) is 1.43. The van der Waals surface area contributed by atoms with Gasteiger partial charge < -0.3 is 19.1 Å². The van der Waals surface area contributed by atoms with E-state index in [0.717, 1.165) is 25.2 Å². The highest BCUT2D eigenvalue weighted by atomic mass is 19.1. The van der Waals surface area contributed by atoms with Crippen molar-refractivity contribution < 1.29 is 23.4 Å². The molecule has 0 radical (unpaired) electrons. The third-order valence-electron chi connectivity index (χ3n) is 6.36. The first-order valence-electron chi connectivity index (χ1n) is 11.3. The zero-order valence-electron chi connectivity index (χ0n) is 18.8. The molecule has 0 N–H and O–H groups in total. The minimum Gasteiger partial charge on any atom is -0.494 e. The van der Waals surface area contributed by atoms with Crippen LogP contribution in [0.2, 0.25) is 0 Å². The van der Waals surface area contributed by atoms with Crippen LogP contribution in [0.15, 0.2) is 36.4 Å². The Kier molecular flexibility index (Phi) is 7.15. The van der Waals surface area contributed by atoms with E-state index in [1.807, 2.05) is 18.2 Å². The SMILES string of the molecule is COc1ccc(N2CCC(c3ccc(OC)c(OCCN4CCCCC4)c3)C2=O)cc1F. The zero-order valence-corrected chi connectivity index (χ0v) is 18.8. The number of methoxy groups -OCH3 is 2. The summed E-state index contributed by atoms with van der Waals surface area (Å²) in [6.07, 6.45) is 4.46. The molecule has 2 saturated heterocycles. The highest BCUT2D eigenvalue weighted by Gasteiger charge is 2.34. The van der Waals surface area contributed by atoms with Crippen molar-refractivity contribution in [2.75, 3.05) is 51.9 Å². The van der Waals surface area contributed by atoms with E-state index in [2.05, 4.69) is 4.90 Å². The molecule has 0 aromatic heterocycles. The number of benzene rings is 2. The van der Waals surface area contributed by atoms with E-state index in [-0.39, 0.29) is 17.6 Å². The van der Waals surface area contributed by atoms with Gasteiger partial charge in [-0.05, 0) is 62.2 Å². The topological polar surface area (TPSA) is 51.2 Å². The molecular weight excluding hydrogens is 411 g/mol. The first-order chi connectivity index (χ1) is 15.6. The highest BCUT2D eigenvalue weighted by Crippen LogP contribution is 2.37. The molecule has 7 heteroatoms. The molecular formula is C25H31FN2O4. The summed E-state index contributed by atoms with van der Waals surface area (Å²) in [6, 6.07) is 10.3. The van der Waals surface area contributed by atoms with Crippen LogP contribution in [-0.4, -0.2) is 57.8 Å². The Hall–Kier alpha value is -2.80. The average Bonchev–Trinajstić information content (AvgIpc) is 3.21. The molecule has 2 heterocycles. The van der Waals surface area contributed by atoms with Crippen LogP contribution in [0, 0.1) is 5.82 Å². The van der Waals surface area contributed by atoms with Crippen molar-refractivity contribution in [3.8, 4) is 17.2 Å². The number of piperidine rings is 1. The van der Waals surface area contributed by atoms with Crippen LogP contribution in [-0.2, 0) is 4.79 Å². The summed E-state index contributed by atoms with van der Waals surface area (Å²) in [5.74, 6) is 0.665. The molecule has 172 valence electrons. The van der Waals surface area contributed by atoms with E-state index in [1.54, 1.807) is 24.1 Å². The number of amides is 1. The smallest absolute Gasteiger partial charge is 0.234 e. The first kappa shape index (κ1) is 22.4. The number of ether oxygens (including phenoxy) is 3. The molecule has 2 aliphatic rings. The monoisotopic (exact) mass is 442 g/mol. The van der Waals surface area contributed by atoms with Crippen molar-refractivity contribution in [3.05, 3.63) is 47.8 Å². The summed E-state index contributed by atoms with van der Waals surface area (Å²) in [7, 11) is 3.04. The van der Waals surface area contributed by atoms with Gasteiger partial charge in [0.05, 0.1) is 20.1 Å².